The van der Waals surface area contributed by atoms with Crippen molar-refractivity contribution in [2.45, 2.75) is 39.2 Å². The van der Waals surface area contributed by atoms with Gasteiger partial charge in [0.1, 0.15) is 0 Å². The summed E-state index contributed by atoms with van der Waals surface area (Å²) in [6, 6.07) is 7.84. The Kier molecular flexibility index (Phi) is 7.25. The standard InChI is InChI=1S/C18H26ClN5O/c1-13(2)17-22-16(25-23-17)6-5-11-21-18(20-3)24(4)12-14-7-9-15(19)10-8-14/h7-10,13H,5-6,11-12H2,1-4H3,(H,20,21). The van der Waals surface area contributed by atoms with Gasteiger partial charge in [-0.25, -0.2) is 0 Å². The van der Waals surface area contributed by atoms with Gasteiger partial charge in [-0.1, -0.05) is 42.7 Å². The Morgan fingerprint density at radius 1 is 1.32 bits per heavy atom. The monoisotopic (exact) mass is 363 g/mol. The molecule has 0 aliphatic carbocycles. The fourth-order valence-corrected chi connectivity index (χ4v) is 2.49. The quantitative estimate of drug-likeness (QED) is 0.463. The van der Waals surface area contributed by atoms with E-state index in [2.05, 4.69) is 39.2 Å². The third-order valence-corrected chi connectivity index (χ3v) is 4.01. The Morgan fingerprint density at radius 3 is 2.64 bits per heavy atom. The van der Waals surface area contributed by atoms with Crippen LogP contribution in [0.4, 0.5) is 0 Å². The average molecular weight is 364 g/mol. The number of aliphatic imine (C=N–C) groups is 1. The van der Waals surface area contributed by atoms with Gasteiger partial charge in [-0.05, 0) is 24.1 Å². The second kappa shape index (κ2) is 9.42. The van der Waals surface area contributed by atoms with E-state index in [1.165, 1.54) is 5.56 Å². The summed E-state index contributed by atoms with van der Waals surface area (Å²) < 4.78 is 5.26. The first kappa shape index (κ1) is 19.2. The molecule has 1 heterocycles. The zero-order valence-electron chi connectivity index (χ0n) is 15.3. The molecule has 0 unspecified atom stereocenters. The van der Waals surface area contributed by atoms with Gasteiger partial charge >= 0.3 is 0 Å². The summed E-state index contributed by atoms with van der Waals surface area (Å²) in [5.41, 5.74) is 1.18. The van der Waals surface area contributed by atoms with E-state index >= 15 is 0 Å². The fourth-order valence-electron chi connectivity index (χ4n) is 2.37. The molecule has 0 bridgehead atoms. The lowest BCUT2D eigenvalue weighted by Crippen LogP contribution is -2.39. The summed E-state index contributed by atoms with van der Waals surface area (Å²) in [5, 5.41) is 8.09. The van der Waals surface area contributed by atoms with Gasteiger partial charge in [-0.3, -0.25) is 4.99 Å². The summed E-state index contributed by atoms with van der Waals surface area (Å²) in [7, 11) is 3.80. The maximum Gasteiger partial charge on any atom is 0.226 e. The number of aromatic nitrogens is 2. The molecule has 136 valence electrons. The molecular weight excluding hydrogens is 338 g/mol. The smallest absolute Gasteiger partial charge is 0.226 e. The molecule has 25 heavy (non-hydrogen) atoms. The molecular formula is C18H26ClN5O. The van der Waals surface area contributed by atoms with Gasteiger partial charge < -0.3 is 14.7 Å². The number of benzene rings is 1. The summed E-state index contributed by atoms with van der Waals surface area (Å²) in [5.74, 6) is 2.59. The second-order valence-electron chi connectivity index (χ2n) is 6.26. The van der Waals surface area contributed by atoms with Crippen LogP contribution in [0.3, 0.4) is 0 Å². The predicted octanol–water partition coefficient (Wildman–Crippen LogP) is 3.49. The summed E-state index contributed by atoms with van der Waals surface area (Å²) in [6.07, 6.45) is 1.65. The van der Waals surface area contributed by atoms with Crippen LogP contribution in [0.25, 0.3) is 0 Å². The van der Waals surface area contributed by atoms with Crippen LogP contribution in [0, 0.1) is 0 Å². The van der Waals surface area contributed by atoms with E-state index in [0.717, 1.165) is 42.7 Å². The Hall–Kier alpha value is -2.08. The molecule has 0 spiro atoms. The van der Waals surface area contributed by atoms with Crippen LogP contribution in [0.2, 0.25) is 5.02 Å². The topological polar surface area (TPSA) is 66.5 Å². The molecule has 0 amide bonds. The number of hydrogen-bond donors (Lipinski definition) is 1. The molecule has 1 aromatic carbocycles. The van der Waals surface area contributed by atoms with Crippen molar-refractivity contribution in [3.8, 4) is 0 Å². The van der Waals surface area contributed by atoms with Crippen molar-refractivity contribution in [2.24, 2.45) is 4.99 Å². The van der Waals surface area contributed by atoms with Crippen LogP contribution >= 0.6 is 11.6 Å². The van der Waals surface area contributed by atoms with Gasteiger partial charge in [0, 0.05) is 44.5 Å². The van der Waals surface area contributed by atoms with E-state index in [1.807, 2.05) is 31.3 Å². The van der Waals surface area contributed by atoms with Gasteiger partial charge in [0.2, 0.25) is 5.89 Å². The second-order valence-corrected chi connectivity index (χ2v) is 6.70. The maximum atomic E-state index is 5.92. The number of guanidine groups is 1. The van der Waals surface area contributed by atoms with Crippen molar-refractivity contribution in [3.05, 3.63) is 46.6 Å². The van der Waals surface area contributed by atoms with Gasteiger partial charge in [0.05, 0.1) is 0 Å². The lowest BCUT2D eigenvalue weighted by atomic mass is 10.2. The zero-order valence-corrected chi connectivity index (χ0v) is 16.0. The molecule has 6 nitrogen and oxygen atoms in total. The number of rotatable bonds is 7. The molecule has 2 aromatic rings. The highest BCUT2D eigenvalue weighted by atomic mass is 35.5. The third kappa shape index (κ3) is 6.05. The van der Waals surface area contributed by atoms with Crippen LogP contribution in [-0.2, 0) is 13.0 Å². The Labute approximate surface area is 154 Å². The molecule has 0 aliphatic rings. The molecule has 0 saturated carbocycles. The highest BCUT2D eigenvalue weighted by Gasteiger charge is 2.10. The van der Waals surface area contributed by atoms with Crippen molar-refractivity contribution in [1.29, 1.82) is 0 Å². The van der Waals surface area contributed by atoms with Crippen LogP contribution in [-0.4, -0.2) is 41.6 Å². The normalized spacial score (nSPS) is 11.8. The van der Waals surface area contributed by atoms with Gasteiger partial charge in [-0.2, -0.15) is 4.98 Å². The molecule has 1 N–H and O–H groups in total. The largest absolute Gasteiger partial charge is 0.356 e. The molecule has 0 radical (unpaired) electrons. The number of hydrogen-bond acceptors (Lipinski definition) is 4. The first-order valence-corrected chi connectivity index (χ1v) is 8.86. The molecule has 0 fully saturated rings. The maximum absolute atomic E-state index is 5.92. The minimum absolute atomic E-state index is 0.288. The van der Waals surface area contributed by atoms with Crippen molar-refractivity contribution in [3.63, 3.8) is 0 Å². The Bertz CT molecular complexity index is 681. The van der Waals surface area contributed by atoms with Crippen LogP contribution in [0.1, 0.15) is 43.5 Å². The van der Waals surface area contributed by atoms with Crippen LogP contribution in [0.15, 0.2) is 33.8 Å². The van der Waals surface area contributed by atoms with Gasteiger partial charge in [0.25, 0.3) is 0 Å². The summed E-state index contributed by atoms with van der Waals surface area (Å²) in [4.78, 5) is 10.8. The van der Waals surface area contributed by atoms with E-state index in [-0.39, 0.29) is 5.92 Å². The number of nitrogens with one attached hydrogen (secondary N) is 1. The lowest BCUT2D eigenvalue weighted by Gasteiger charge is -2.22. The van der Waals surface area contributed by atoms with Gasteiger partial charge in [-0.15, -0.1) is 0 Å². The van der Waals surface area contributed by atoms with Crippen LogP contribution in [0.5, 0.6) is 0 Å². The SMILES string of the molecule is CN=C(NCCCc1nc(C(C)C)no1)N(C)Cc1ccc(Cl)cc1. The fraction of sp³-hybridized carbons (Fsp3) is 0.500. The van der Waals surface area contributed by atoms with Crippen molar-refractivity contribution < 1.29 is 4.52 Å². The minimum atomic E-state index is 0.288. The number of halogens is 1. The van der Waals surface area contributed by atoms with Gasteiger partial charge in [0.15, 0.2) is 11.8 Å². The Morgan fingerprint density at radius 2 is 2.04 bits per heavy atom. The summed E-state index contributed by atoms with van der Waals surface area (Å²) >= 11 is 5.92. The van der Waals surface area contributed by atoms with Crippen molar-refractivity contribution in [2.75, 3.05) is 20.6 Å². The summed E-state index contributed by atoms with van der Waals surface area (Å²) in [6.45, 7) is 5.66. The molecule has 1 aromatic heterocycles. The van der Waals surface area contributed by atoms with E-state index in [9.17, 15) is 0 Å². The van der Waals surface area contributed by atoms with E-state index < -0.39 is 0 Å². The first-order chi connectivity index (χ1) is 12.0. The van der Waals surface area contributed by atoms with Crippen LogP contribution < -0.4 is 5.32 Å². The molecule has 7 heteroatoms. The average Bonchev–Trinajstić information content (AvgIpc) is 3.06. The van der Waals surface area contributed by atoms with Crippen molar-refractivity contribution >= 4 is 17.6 Å². The number of aryl methyl sites for hydroxylation is 1. The van der Waals surface area contributed by atoms with E-state index in [0.29, 0.717) is 5.89 Å². The van der Waals surface area contributed by atoms with Crippen molar-refractivity contribution in [1.82, 2.24) is 20.4 Å². The van der Waals surface area contributed by atoms with E-state index in [1.54, 1.807) is 7.05 Å². The minimum Gasteiger partial charge on any atom is -0.356 e. The first-order valence-electron chi connectivity index (χ1n) is 8.48. The van der Waals surface area contributed by atoms with E-state index in [4.69, 9.17) is 16.1 Å². The molecule has 0 atom stereocenters. The molecule has 2 rings (SSSR count). The predicted molar refractivity (Wildman–Crippen MR) is 101 cm³/mol. The molecule has 0 aliphatic heterocycles. The zero-order chi connectivity index (χ0) is 18.2. The number of nitrogens with zero attached hydrogens (tertiary/aromatic N) is 4. The molecule has 0 saturated heterocycles. The Balaban J connectivity index is 1.76. The highest BCUT2D eigenvalue weighted by molar-refractivity contribution is 6.30. The lowest BCUT2D eigenvalue weighted by molar-refractivity contribution is 0.368. The third-order valence-electron chi connectivity index (χ3n) is 3.76. The highest BCUT2D eigenvalue weighted by Crippen LogP contribution is 2.12.